The number of benzene rings is 1. The van der Waals surface area contributed by atoms with Gasteiger partial charge in [-0.15, -0.1) is 0 Å². The average Bonchev–Trinajstić information content (AvgIpc) is 2.80. The number of imidazole rings is 1. The molecule has 0 fully saturated rings. The molecule has 3 N–H and O–H groups in total. The number of aliphatic hydroxyl groups is 1. The number of carbonyl (C=O) groups excluding carboxylic acids is 1. The van der Waals surface area contributed by atoms with E-state index in [0.717, 1.165) is 5.56 Å². The highest BCUT2D eigenvalue weighted by Gasteiger charge is 2.17. The summed E-state index contributed by atoms with van der Waals surface area (Å²) in [5.74, 6) is 0.278. The number of hydrogen-bond donors (Lipinski definition) is 3. The van der Waals surface area contributed by atoms with Crippen LogP contribution in [0.4, 0.5) is 0 Å². The summed E-state index contributed by atoms with van der Waals surface area (Å²) in [4.78, 5) is 19.4. The lowest BCUT2D eigenvalue weighted by molar-refractivity contribution is 0.0917. The number of aliphatic hydroxyl groups excluding tert-OH is 1. The lowest BCUT2D eigenvalue weighted by atomic mass is 10.2. The molecule has 1 aromatic carbocycles. The number of halogens is 1. The summed E-state index contributed by atoms with van der Waals surface area (Å²) in [6.45, 7) is 3.38. The molecule has 0 radical (unpaired) electrons. The van der Waals surface area contributed by atoms with E-state index >= 15 is 0 Å². The van der Waals surface area contributed by atoms with Gasteiger partial charge in [-0.25, -0.2) is 4.98 Å². The van der Waals surface area contributed by atoms with Gasteiger partial charge in [0, 0.05) is 22.3 Å². The Morgan fingerprint density at radius 3 is 2.95 bits per heavy atom. The number of aryl methyl sites for hydroxylation is 1. The highest BCUT2D eigenvalue weighted by Crippen LogP contribution is 2.21. The van der Waals surface area contributed by atoms with Crippen LogP contribution < -0.4 is 5.32 Å². The van der Waals surface area contributed by atoms with Crippen LogP contribution in [0.1, 0.15) is 23.1 Å². The first-order valence-corrected chi connectivity index (χ1v) is 6.63. The molecule has 5 nitrogen and oxygen atoms in total. The number of amides is 1. The zero-order valence-corrected chi connectivity index (χ0v) is 12.0. The summed E-state index contributed by atoms with van der Waals surface area (Å²) >= 11 is 5.94. The standard InChI is InChI=1S/C14H16ClN3O2/c1-8(7-19)16-14(20)12-9(2)17-13(18-12)10-4-3-5-11(15)6-10/h3-6,8,19H,7H2,1-2H3,(H,16,20)(H,17,18). The maximum Gasteiger partial charge on any atom is 0.272 e. The van der Waals surface area contributed by atoms with Gasteiger partial charge in [0.25, 0.3) is 5.91 Å². The molecular weight excluding hydrogens is 278 g/mol. The van der Waals surface area contributed by atoms with E-state index in [9.17, 15) is 4.79 Å². The first kappa shape index (κ1) is 14.6. The number of H-pyrrole nitrogens is 1. The van der Waals surface area contributed by atoms with Crippen LogP contribution in [0.15, 0.2) is 24.3 Å². The van der Waals surface area contributed by atoms with E-state index in [1.165, 1.54) is 0 Å². The van der Waals surface area contributed by atoms with Crippen molar-refractivity contribution >= 4 is 17.5 Å². The fourth-order valence-electron chi connectivity index (χ4n) is 1.79. The number of rotatable bonds is 4. The molecule has 0 aliphatic heterocycles. The van der Waals surface area contributed by atoms with Gasteiger partial charge in [0.2, 0.25) is 0 Å². The SMILES string of the molecule is Cc1[nH]c(-c2cccc(Cl)c2)nc1C(=O)NC(C)CO. The third-order valence-electron chi connectivity index (χ3n) is 2.85. The summed E-state index contributed by atoms with van der Waals surface area (Å²) in [6.07, 6.45) is 0. The second-order valence-corrected chi connectivity index (χ2v) is 5.06. The zero-order chi connectivity index (χ0) is 14.7. The second kappa shape index (κ2) is 6.07. The van der Waals surface area contributed by atoms with Crippen molar-refractivity contribution in [3.63, 3.8) is 0 Å². The van der Waals surface area contributed by atoms with Crippen molar-refractivity contribution in [1.29, 1.82) is 0 Å². The van der Waals surface area contributed by atoms with Crippen molar-refractivity contribution in [1.82, 2.24) is 15.3 Å². The molecule has 2 rings (SSSR count). The first-order valence-electron chi connectivity index (χ1n) is 6.25. The highest BCUT2D eigenvalue weighted by molar-refractivity contribution is 6.30. The van der Waals surface area contributed by atoms with Gasteiger partial charge in [0.05, 0.1) is 6.61 Å². The van der Waals surface area contributed by atoms with Crippen molar-refractivity contribution in [2.45, 2.75) is 19.9 Å². The molecule has 0 spiro atoms. The highest BCUT2D eigenvalue weighted by atomic mass is 35.5. The van der Waals surface area contributed by atoms with E-state index < -0.39 is 0 Å². The van der Waals surface area contributed by atoms with Gasteiger partial charge in [-0.1, -0.05) is 23.7 Å². The third-order valence-corrected chi connectivity index (χ3v) is 3.08. The van der Waals surface area contributed by atoms with E-state index in [4.69, 9.17) is 16.7 Å². The van der Waals surface area contributed by atoms with Gasteiger partial charge in [-0.3, -0.25) is 4.79 Å². The molecule has 1 atom stereocenters. The lowest BCUT2D eigenvalue weighted by Crippen LogP contribution is -2.35. The predicted octanol–water partition coefficient (Wildman–Crippen LogP) is 2.15. The van der Waals surface area contributed by atoms with Gasteiger partial charge in [0.1, 0.15) is 11.5 Å². The predicted molar refractivity (Wildman–Crippen MR) is 77.8 cm³/mol. The van der Waals surface area contributed by atoms with Gasteiger partial charge >= 0.3 is 0 Å². The molecule has 1 heterocycles. The molecule has 0 aliphatic rings. The Morgan fingerprint density at radius 1 is 1.55 bits per heavy atom. The molecule has 0 aliphatic carbocycles. The molecule has 0 bridgehead atoms. The average molecular weight is 294 g/mol. The maximum absolute atomic E-state index is 12.0. The summed E-state index contributed by atoms with van der Waals surface area (Å²) in [6, 6.07) is 6.92. The number of hydrogen-bond acceptors (Lipinski definition) is 3. The van der Waals surface area contributed by atoms with E-state index in [0.29, 0.717) is 22.2 Å². The van der Waals surface area contributed by atoms with Gasteiger partial charge in [-0.05, 0) is 26.0 Å². The van der Waals surface area contributed by atoms with Crippen LogP contribution in [0.2, 0.25) is 5.02 Å². The van der Waals surface area contributed by atoms with Crippen molar-refractivity contribution in [3.05, 3.63) is 40.7 Å². The molecule has 6 heteroatoms. The molecule has 0 saturated carbocycles. The second-order valence-electron chi connectivity index (χ2n) is 4.63. The topological polar surface area (TPSA) is 78.0 Å². The molecule has 1 amide bonds. The molecule has 106 valence electrons. The van der Waals surface area contributed by atoms with Crippen LogP contribution in [0.3, 0.4) is 0 Å². The lowest BCUT2D eigenvalue weighted by Gasteiger charge is -2.09. The summed E-state index contributed by atoms with van der Waals surface area (Å²) in [5.41, 5.74) is 1.80. The Hall–Kier alpha value is -1.85. The molecule has 2 aromatic rings. The van der Waals surface area contributed by atoms with E-state index in [-0.39, 0.29) is 18.6 Å². The Bertz CT molecular complexity index is 625. The quantitative estimate of drug-likeness (QED) is 0.808. The molecule has 0 saturated heterocycles. The number of aromatic amines is 1. The van der Waals surface area contributed by atoms with Crippen LogP contribution in [0, 0.1) is 6.92 Å². The normalized spacial score (nSPS) is 12.2. The zero-order valence-electron chi connectivity index (χ0n) is 11.3. The summed E-state index contributed by atoms with van der Waals surface area (Å²) < 4.78 is 0. The minimum atomic E-state index is -0.312. The van der Waals surface area contributed by atoms with Gasteiger partial charge < -0.3 is 15.4 Å². The Morgan fingerprint density at radius 2 is 2.30 bits per heavy atom. The third kappa shape index (κ3) is 3.18. The largest absolute Gasteiger partial charge is 0.394 e. The maximum atomic E-state index is 12.0. The van der Waals surface area contributed by atoms with Gasteiger partial charge in [-0.2, -0.15) is 0 Å². The summed E-state index contributed by atoms with van der Waals surface area (Å²) in [5, 5.41) is 12.2. The number of carbonyl (C=O) groups is 1. The molecule has 20 heavy (non-hydrogen) atoms. The Labute approximate surface area is 122 Å². The number of nitrogens with zero attached hydrogens (tertiary/aromatic N) is 1. The smallest absolute Gasteiger partial charge is 0.272 e. The van der Waals surface area contributed by atoms with Crippen LogP contribution in [-0.2, 0) is 0 Å². The van der Waals surface area contributed by atoms with Gasteiger partial charge in [0.15, 0.2) is 0 Å². The van der Waals surface area contributed by atoms with Crippen LogP contribution in [0.25, 0.3) is 11.4 Å². The number of nitrogens with one attached hydrogen (secondary N) is 2. The van der Waals surface area contributed by atoms with Crippen LogP contribution in [-0.4, -0.2) is 33.6 Å². The summed E-state index contributed by atoms with van der Waals surface area (Å²) in [7, 11) is 0. The first-order chi connectivity index (χ1) is 9.51. The van der Waals surface area contributed by atoms with E-state index in [1.54, 1.807) is 26.0 Å². The fourth-order valence-corrected chi connectivity index (χ4v) is 1.98. The van der Waals surface area contributed by atoms with Crippen molar-refractivity contribution in [2.75, 3.05) is 6.61 Å². The number of aromatic nitrogens is 2. The fraction of sp³-hybridized carbons (Fsp3) is 0.286. The van der Waals surface area contributed by atoms with E-state index in [2.05, 4.69) is 15.3 Å². The Balaban J connectivity index is 2.28. The minimum absolute atomic E-state index is 0.115. The van der Waals surface area contributed by atoms with Crippen molar-refractivity contribution < 1.29 is 9.90 Å². The van der Waals surface area contributed by atoms with E-state index in [1.807, 2.05) is 12.1 Å². The Kier molecular flexibility index (Phi) is 4.42. The van der Waals surface area contributed by atoms with Crippen LogP contribution in [0.5, 0.6) is 0 Å². The monoisotopic (exact) mass is 293 g/mol. The molecular formula is C14H16ClN3O2. The molecule has 1 unspecified atom stereocenters. The van der Waals surface area contributed by atoms with Crippen LogP contribution >= 0.6 is 11.6 Å². The van der Waals surface area contributed by atoms with Crippen molar-refractivity contribution in [2.24, 2.45) is 0 Å². The minimum Gasteiger partial charge on any atom is -0.394 e. The molecule has 1 aromatic heterocycles. The van der Waals surface area contributed by atoms with Crippen molar-refractivity contribution in [3.8, 4) is 11.4 Å².